The minimum Gasteiger partial charge on any atom is -0.326 e. The molecule has 2 aromatic carbocycles. The Morgan fingerprint density at radius 3 is 2.56 bits per heavy atom. The van der Waals surface area contributed by atoms with Gasteiger partial charge in [-0.05, 0) is 49.2 Å². The van der Waals surface area contributed by atoms with Crippen molar-refractivity contribution in [3.05, 3.63) is 53.6 Å². The van der Waals surface area contributed by atoms with Crippen LogP contribution in [0.2, 0.25) is 0 Å². The van der Waals surface area contributed by atoms with Crippen molar-refractivity contribution in [2.75, 3.05) is 10.6 Å². The molecule has 2 N–H and O–H groups in total. The molecule has 0 saturated heterocycles. The van der Waals surface area contributed by atoms with Crippen LogP contribution >= 0.6 is 0 Å². The van der Waals surface area contributed by atoms with Crippen molar-refractivity contribution in [1.29, 1.82) is 0 Å². The van der Waals surface area contributed by atoms with Gasteiger partial charge in [-0.15, -0.1) is 0 Å². The number of aryl methyl sites for hydroxylation is 2. The summed E-state index contributed by atoms with van der Waals surface area (Å²) in [6.45, 7) is 3.87. The van der Waals surface area contributed by atoms with Crippen LogP contribution in [0.5, 0.6) is 0 Å². The van der Waals surface area contributed by atoms with Crippen LogP contribution in [0.15, 0.2) is 47.4 Å². The maximum absolute atomic E-state index is 12.7. The quantitative estimate of drug-likeness (QED) is 0.881. The summed E-state index contributed by atoms with van der Waals surface area (Å²) >= 11 is 0. The zero-order valence-corrected chi connectivity index (χ0v) is 14.7. The predicted molar refractivity (Wildman–Crippen MR) is 95.2 cm³/mol. The molecule has 0 aromatic heterocycles. The minimum absolute atomic E-state index is 0.0404. The highest BCUT2D eigenvalue weighted by Gasteiger charge is 2.41. The Bertz CT molecular complexity index is 967. The molecule has 0 saturated carbocycles. The first-order valence-corrected chi connectivity index (χ1v) is 9.34. The molecule has 7 heteroatoms. The summed E-state index contributed by atoms with van der Waals surface area (Å²) in [6.07, 6.45) is -0.435. The van der Waals surface area contributed by atoms with Crippen molar-refractivity contribution < 1.29 is 18.0 Å². The van der Waals surface area contributed by atoms with Crippen molar-refractivity contribution in [1.82, 2.24) is 0 Å². The lowest BCUT2D eigenvalue weighted by molar-refractivity contribution is -0.121. The number of carbonyl (C=O) groups is 2. The number of hydrogen-bond donors (Lipinski definition) is 2. The summed E-state index contributed by atoms with van der Waals surface area (Å²) in [5.41, 5.74) is 2.92. The molecule has 1 atom stereocenters. The van der Waals surface area contributed by atoms with E-state index >= 15 is 0 Å². The van der Waals surface area contributed by atoms with Crippen LogP contribution in [0, 0.1) is 13.8 Å². The molecule has 0 spiro atoms. The summed E-state index contributed by atoms with van der Waals surface area (Å²) in [5.74, 6) is -1.21. The van der Waals surface area contributed by atoms with Crippen LogP contribution in [-0.4, -0.2) is 25.5 Å². The zero-order chi connectivity index (χ0) is 18.2. The van der Waals surface area contributed by atoms with Gasteiger partial charge >= 0.3 is 0 Å². The Morgan fingerprint density at radius 2 is 1.84 bits per heavy atom. The topological polar surface area (TPSA) is 92.3 Å². The molecule has 6 nitrogen and oxygen atoms in total. The predicted octanol–water partition coefficient (Wildman–Crippen LogP) is 2.43. The van der Waals surface area contributed by atoms with E-state index in [1.165, 1.54) is 12.1 Å². The number of carbonyl (C=O) groups excluding carboxylic acids is 2. The summed E-state index contributed by atoms with van der Waals surface area (Å²) in [5, 5.41) is 3.77. The van der Waals surface area contributed by atoms with Gasteiger partial charge in [-0.2, -0.15) is 0 Å². The van der Waals surface area contributed by atoms with E-state index in [1.807, 2.05) is 19.9 Å². The number of hydrogen-bond acceptors (Lipinski definition) is 4. The smallest absolute Gasteiger partial charge is 0.243 e. The van der Waals surface area contributed by atoms with Crippen molar-refractivity contribution in [3.63, 3.8) is 0 Å². The van der Waals surface area contributed by atoms with E-state index < -0.39 is 33.3 Å². The highest BCUT2D eigenvalue weighted by Crippen LogP contribution is 2.31. The van der Waals surface area contributed by atoms with Crippen LogP contribution < -0.4 is 10.6 Å². The van der Waals surface area contributed by atoms with E-state index in [0.717, 1.165) is 11.1 Å². The lowest BCUT2D eigenvalue weighted by Gasteiger charge is -2.24. The Hall–Kier alpha value is -2.67. The number of para-hydroxylation sites is 1. The van der Waals surface area contributed by atoms with Gasteiger partial charge < -0.3 is 10.6 Å². The molecule has 130 valence electrons. The lowest BCUT2D eigenvalue weighted by Crippen LogP contribution is -2.42. The molecule has 0 radical (unpaired) electrons. The molecule has 1 unspecified atom stereocenters. The van der Waals surface area contributed by atoms with Gasteiger partial charge in [0.25, 0.3) is 0 Å². The molecule has 0 fully saturated rings. The molecule has 3 rings (SSSR count). The average molecular weight is 358 g/mol. The first-order chi connectivity index (χ1) is 11.8. The highest BCUT2D eigenvalue weighted by atomic mass is 32.2. The van der Waals surface area contributed by atoms with E-state index in [-0.39, 0.29) is 10.6 Å². The largest absolute Gasteiger partial charge is 0.326 e. The first-order valence-electron chi connectivity index (χ1n) is 7.80. The highest BCUT2D eigenvalue weighted by molar-refractivity contribution is 7.93. The lowest BCUT2D eigenvalue weighted by atomic mass is 10.1. The molecule has 1 heterocycles. The second-order valence-corrected chi connectivity index (χ2v) is 8.17. The number of nitrogens with one attached hydrogen (secondary N) is 2. The van der Waals surface area contributed by atoms with E-state index in [0.29, 0.717) is 5.69 Å². The SMILES string of the molecule is Cc1ccc(NC(=O)CC2C(=O)Nc3ccccc3S2(=O)=O)cc1C. The fraction of sp³-hybridized carbons (Fsp3) is 0.222. The van der Waals surface area contributed by atoms with Gasteiger partial charge in [0.2, 0.25) is 11.8 Å². The van der Waals surface area contributed by atoms with Gasteiger partial charge in [0.05, 0.1) is 17.0 Å². The molecule has 25 heavy (non-hydrogen) atoms. The Labute approximate surface area is 146 Å². The van der Waals surface area contributed by atoms with Crippen molar-refractivity contribution in [2.45, 2.75) is 30.4 Å². The van der Waals surface area contributed by atoms with Crippen LogP contribution in [-0.2, 0) is 19.4 Å². The van der Waals surface area contributed by atoms with E-state index in [4.69, 9.17) is 0 Å². The van der Waals surface area contributed by atoms with Crippen LogP contribution in [0.4, 0.5) is 11.4 Å². The summed E-state index contributed by atoms with van der Waals surface area (Å²) in [4.78, 5) is 24.5. The van der Waals surface area contributed by atoms with Gasteiger partial charge in [-0.3, -0.25) is 9.59 Å². The number of benzene rings is 2. The van der Waals surface area contributed by atoms with Crippen LogP contribution in [0.1, 0.15) is 17.5 Å². The maximum atomic E-state index is 12.7. The molecule has 0 bridgehead atoms. The third kappa shape index (κ3) is 3.28. The van der Waals surface area contributed by atoms with Gasteiger partial charge in [0.15, 0.2) is 15.1 Å². The second kappa shape index (κ2) is 6.33. The first kappa shape index (κ1) is 17.2. The molecule has 1 aliphatic rings. The van der Waals surface area contributed by atoms with Gasteiger partial charge in [0.1, 0.15) is 0 Å². The average Bonchev–Trinajstić information content (AvgIpc) is 2.55. The zero-order valence-electron chi connectivity index (χ0n) is 13.9. The summed E-state index contributed by atoms with van der Waals surface area (Å²) in [6, 6.07) is 11.6. The summed E-state index contributed by atoms with van der Waals surface area (Å²) in [7, 11) is -3.91. The monoisotopic (exact) mass is 358 g/mol. The molecule has 2 aromatic rings. The minimum atomic E-state index is -3.91. The fourth-order valence-electron chi connectivity index (χ4n) is 2.73. The van der Waals surface area contributed by atoms with Gasteiger partial charge in [-0.25, -0.2) is 8.42 Å². The van der Waals surface area contributed by atoms with Crippen LogP contribution in [0.3, 0.4) is 0 Å². The number of sulfone groups is 1. The van der Waals surface area contributed by atoms with E-state index in [2.05, 4.69) is 10.6 Å². The van der Waals surface area contributed by atoms with Gasteiger partial charge in [-0.1, -0.05) is 18.2 Å². The number of rotatable bonds is 3. The van der Waals surface area contributed by atoms with E-state index in [1.54, 1.807) is 24.3 Å². The molecule has 0 aliphatic carbocycles. The fourth-order valence-corrected chi connectivity index (χ4v) is 4.44. The number of amides is 2. The number of fused-ring (bicyclic) bond motifs is 1. The summed E-state index contributed by atoms with van der Waals surface area (Å²) < 4.78 is 25.3. The second-order valence-electron chi connectivity index (χ2n) is 6.07. The van der Waals surface area contributed by atoms with Crippen molar-refractivity contribution in [2.24, 2.45) is 0 Å². The maximum Gasteiger partial charge on any atom is 0.243 e. The third-order valence-corrected chi connectivity index (χ3v) is 6.38. The third-order valence-electron chi connectivity index (χ3n) is 4.28. The Balaban J connectivity index is 1.81. The Morgan fingerprint density at radius 1 is 1.12 bits per heavy atom. The Kier molecular flexibility index (Phi) is 4.34. The molecule has 1 aliphatic heterocycles. The molecular weight excluding hydrogens is 340 g/mol. The van der Waals surface area contributed by atoms with Crippen LogP contribution in [0.25, 0.3) is 0 Å². The van der Waals surface area contributed by atoms with E-state index in [9.17, 15) is 18.0 Å². The van der Waals surface area contributed by atoms with Gasteiger partial charge in [0, 0.05) is 5.69 Å². The normalized spacial score (nSPS) is 18.2. The van der Waals surface area contributed by atoms with Crippen molar-refractivity contribution >= 4 is 33.0 Å². The molecular formula is C18H18N2O4S. The number of anilines is 2. The molecule has 2 amide bonds. The standard InChI is InChI=1S/C18H18N2O4S/c1-11-7-8-13(9-12(11)2)19-17(21)10-16-18(22)20-14-5-3-4-6-15(14)25(16,23)24/h3-9,16H,10H2,1-2H3,(H,19,21)(H,20,22). The van der Waals surface area contributed by atoms with Crippen molar-refractivity contribution in [3.8, 4) is 0 Å².